The van der Waals surface area contributed by atoms with E-state index >= 15 is 0 Å². The summed E-state index contributed by atoms with van der Waals surface area (Å²) in [6.07, 6.45) is 1.62. The first kappa shape index (κ1) is 18.4. The van der Waals surface area contributed by atoms with Crippen molar-refractivity contribution in [3.63, 3.8) is 0 Å². The normalized spacial score (nSPS) is 19.5. The second kappa shape index (κ2) is 6.73. The largest absolute Gasteiger partial charge is 0.348 e. The minimum Gasteiger partial charge on any atom is -0.348 e. The van der Waals surface area contributed by atoms with Gasteiger partial charge >= 0.3 is 0 Å². The van der Waals surface area contributed by atoms with E-state index in [1.807, 2.05) is 54.6 Å². The van der Waals surface area contributed by atoms with Crippen molar-refractivity contribution in [1.29, 1.82) is 0 Å². The lowest BCUT2D eigenvalue weighted by atomic mass is 9.96. The smallest absolute Gasteiger partial charge is 0.278 e. The highest BCUT2D eigenvalue weighted by molar-refractivity contribution is 6.15. The second-order valence-corrected chi connectivity index (χ2v) is 7.77. The van der Waals surface area contributed by atoms with E-state index in [-0.39, 0.29) is 11.8 Å². The fourth-order valence-electron chi connectivity index (χ4n) is 4.45. The number of nitrogens with one attached hydrogen (secondary N) is 2. The summed E-state index contributed by atoms with van der Waals surface area (Å²) >= 11 is 0. The Morgan fingerprint density at radius 3 is 2.50 bits per heavy atom. The third-order valence-electron chi connectivity index (χ3n) is 5.78. The average molecular weight is 401 g/mol. The lowest BCUT2D eigenvalue weighted by Crippen LogP contribution is -2.60. The van der Waals surface area contributed by atoms with Gasteiger partial charge in [0.2, 0.25) is 5.66 Å². The zero-order valence-corrected chi connectivity index (χ0v) is 17.0. The minimum absolute atomic E-state index is 0.196. The van der Waals surface area contributed by atoms with Gasteiger partial charge in [-0.25, -0.2) is 0 Å². The third kappa shape index (κ3) is 2.55. The fraction of sp³-hybridized carbons (Fsp3) is 0.261. The van der Waals surface area contributed by atoms with Gasteiger partial charge in [-0.05, 0) is 18.1 Å². The van der Waals surface area contributed by atoms with E-state index in [0.717, 1.165) is 35.3 Å². The number of carbonyl (C=O) groups excluding carboxylic acids is 2. The number of nitrogens with zero attached hydrogens (tertiary/aromatic N) is 3. The van der Waals surface area contributed by atoms with Gasteiger partial charge < -0.3 is 15.5 Å². The summed E-state index contributed by atoms with van der Waals surface area (Å²) in [5, 5.41) is 10.9. The van der Waals surface area contributed by atoms with E-state index in [1.54, 1.807) is 16.6 Å². The summed E-state index contributed by atoms with van der Waals surface area (Å²) in [5.41, 5.74) is 3.13. The maximum atomic E-state index is 13.8. The highest BCUT2D eigenvalue weighted by atomic mass is 16.2. The Morgan fingerprint density at radius 2 is 1.73 bits per heavy atom. The average Bonchev–Trinajstić information content (AvgIpc) is 3.17. The molecular formula is C23H23N5O2. The van der Waals surface area contributed by atoms with Crippen LogP contribution in [0.4, 0.5) is 11.4 Å². The Labute approximate surface area is 174 Å². The monoisotopic (exact) mass is 401 g/mol. The standard InChI is InChI=1S/C23H23N5O2/c1-3-9-17-19-20(27(2)26-17)21(29)25-23(24-19)16-12-7-8-13-18(16)28(22(23)30)14-15-10-5-4-6-11-15/h4-8,10-13,24H,3,9,14H2,1-2H3,(H,25,29). The number of rotatable bonds is 4. The van der Waals surface area contributed by atoms with Crippen LogP contribution in [0.15, 0.2) is 54.6 Å². The molecule has 7 heteroatoms. The third-order valence-corrected chi connectivity index (χ3v) is 5.78. The molecule has 3 aromatic rings. The molecule has 152 valence electrons. The zero-order valence-electron chi connectivity index (χ0n) is 17.0. The Hall–Kier alpha value is -3.61. The summed E-state index contributed by atoms with van der Waals surface area (Å²) in [4.78, 5) is 28.7. The van der Waals surface area contributed by atoms with Crippen LogP contribution in [0.1, 0.15) is 40.7 Å². The molecule has 2 amide bonds. The number of benzene rings is 2. The van der Waals surface area contributed by atoms with E-state index in [4.69, 9.17) is 0 Å². The summed E-state index contributed by atoms with van der Waals surface area (Å²) in [7, 11) is 1.75. The topological polar surface area (TPSA) is 79.3 Å². The number of aryl methyl sites for hydroxylation is 2. The zero-order chi connectivity index (χ0) is 20.9. The van der Waals surface area contributed by atoms with Crippen molar-refractivity contribution in [3.05, 3.63) is 77.1 Å². The first-order chi connectivity index (χ1) is 14.5. The summed E-state index contributed by atoms with van der Waals surface area (Å²) in [5.74, 6) is -0.497. The molecular weight excluding hydrogens is 378 g/mol. The van der Waals surface area contributed by atoms with E-state index < -0.39 is 5.66 Å². The molecule has 3 heterocycles. The molecule has 1 unspecified atom stereocenters. The summed E-state index contributed by atoms with van der Waals surface area (Å²) in [6.45, 7) is 2.50. The van der Waals surface area contributed by atoms with Gasteiger partial charge in [-0.1, -0.05) is 61.9 Å². The number of hydrogen-bond donors (Lipinski definition) is 2. The Kier molecular flexibility index (Phi) is 4.13. The van der Waals surface area contributed by atoms with Gasteiger partial charge in [0.1, 0.15) is 5.69 Å². The maximum Gasteiger partial charge on any atom is 0.278 e. The number of amides is 2. The predicted molar refractivity (Wildman–Crippen MR) is 114 cm³/mol. The number of aromatic nitrogens is 2. The van der Waals surface area contributed by atoms with Crippen molar-refractivity contribution in [2.24, 2.45) is 7.05 Å². The molecule has 0 radical (unpaired) electrons. The van der Waals surface area contributed by atoms with Gasteiger partial charge in [0.05, 0.1) is 23.6 Å². The highest BCUT2D eigenvalue weighted by Gasteiger charge is 2.55. The molecule has 0 fully saturated rings. The van der Waals surface area contributed by atoms with Crippen LogP contribution in [-0.2, 0) is 30.5 Å². The Morgan fingerprint density at radius 1 is 1.00 bits per heavy atom. The van der Waals surface area contributed by atoms with Crippen LogP contribution in [0, 0.1) is 0 Å². The van der Waals surface area contributed by atoms with E-state index in [9.17, 15) is 9.59 Å². The van der Waals surface area contributed by atoms with Gasteiger partial charge in [-0.3, -0.25) is 14.3 Å². The van der Waals surface area contributed by atoms with Crippen molar-refractivity contribution < 1.29 is 9.59 Å². The SMILES string of the molecule is CCCc1nn(C)c2c1NC1(NC2=O)C(=O)N(Cc2ccccc2)c2ccccc21. The van der Waals surface area contributed by atoms with Crippen LogP contribution < -0.4 is 15.5 Å². The van der Waals surface area contributed by atoms with Crippen LogP contribution in [0.2, 0.25) is 0 Å². The molecule has 1 atom stereocenters. The summed E-state index contributed by atoms with van der Waals surface area (Å²) in [6, 6.07) is 17.5. The summed E-state index contributed by atoms with van der Waals surface area (Å²) < 4.78 is 1.59. The molecule has 0 saturated heterocycles. The maximum absolute atomic E-state index is 13.8. The molecule has 0 bridgehead atoms. The molecule has 5 rings (SSSR count). The minimum atomic E-state index is -1.33. The molecule has 2 aromatic carbocycles. The number of anilines is 2. The van der Waals surface area contributed by atoms with Crippen LogP contribution in [0.5, 0.6) is 0 Å². The second-order valence-electron chi connectivity index (χ2n) is 7.77. The van der Waals surface area contributed by atoms with E-state index in [0.29, 0.717) is 17.9 Å². The van der Waals surface area contributed by atoms with Crippen LogP contribution in [0.25, 0.3) is 0 Å². The first-order valence-electron chi connectivity index (χ1n) is 10.2. The number of hydrogen-bond acceptors (Lipinski definition) is 4. The van der Waals surface area contributed by atoms with Crippen molar-refractivity contribution in [2.45, 2.75) is 32.0 Å². The van der Waals surface area contributed by atoms with Crippen LogP contribution in [0.3, 0.4) is 0 Å². The molecule has 30 heavy (non-hydrogen) atoms. The highest BCUT2D eigenvalue weighted by Crippen LogP contribution is 2.44. The molecule has 1 aromatic heterocycles. The van der Waals surface area contributed by atoms with E-state index in [2.05, 4.69) is 22.7 Å². The van der Waals surface area contributed by atoms with Crippen molar-refractivity contribution in [2.75, 3.05) is 10.2 Å². The quantitative estimate of drug-likeness (QED) is 0.705. The van der Waals surface area contributed by atoms with Crippen molar-refractivity contribution >= 4 is 23.2 Å². The lowest BCUT2D eigenvalue weighted by Gasteiger charge is -2.35. The lowest BCUT2D eigenvalue weighted by molar-refractivity contribution is -0.123. The molecule has 0 saturated carbocycles. The van der Waals surface area contributed by atoms with Gasteiger partial charge in [-0.15, -0.1) is 0 Å². The Bertz CT molecular complexity index is 1150. The predicted octanol–water partition coefficient (Wildman–Crippen LogP) is 2.93. The molecule has 1 spiro atoms. The van der Waals surface area contributed by atoms with Crippen LogP contribution in [-0.4, -0.2) is 21.6 Å². The van der Waals surface area contributed by atoms with Gasteiger partial charge in [0.25, 0.3) is 11.8 Å². The Balaban J connectivity index is 1.62. The van der Waals surface area contributed by atoms with Gasteiger partial charge in [0, 0.05) is 12.6 Å². The molecule has 2 aliphatic rings. The van der Waals surface area contributed by atoms with Gasteiger partial charge in [-0.2, -0.15) is 5.10 Å². The first-order valence-corrected chi connectivity index (χ1v) is 10.2. The number of para-hydroxylation sites is 1. The van der Waals surface area contributed by atoms with E-state index in [1.165, 1.54) is 0 Å². The number of carbonyl (C=O) groups is 2. The van der Waals surface area contributed by atoms with Gasteiger partial charge in [0.15, 0.2) is 0 Å². The van der Waals surface area contributed by atoms with Crippen molar-refractivity contribution in [1.82, 2.24) is 15.1 Å². The molecule has 0 aliphatic carbocycles. The number of fused-ring (bicyclic) bond motifs is 3. The molecule has 2 aliphatic heterocycles. The van der Waals surface area contributed by atoms with Crippen LogP contribution >= 0.6 is 0 Å². The molecule has 2 N–H and O–H groups in total. The van der Waals surface area contributed by atoms with Crippen molar-refractivity contribution in [3.8, 4) is 0 Å². The fourth-order valence-corrected chi connectivity index (χ4v) is 4.45. The molecule has 7 nitrogen and oxygen atoms in total.